The van der Waals surface area contributed by atoms with E-state index in [1.54, 1.807) is 19.9 Å². The lowest BCUT2D eigenvalue weighted by atomic mass is 10.1. The molecule has 0 aliphatic carbocycles. The molecule has 60 valence electrons. The van der Waals surface area contributed by atoms with Gasteiger partial charge in [-0.25, -0.2) is 4.39 Å². The summed E-state index contributed by atoms with van der Waals surface area (Å²) in [6.45, 7) is 3.34. The third-order valence-electron chi connectivity index (χ3n) is 1.79. The van der Waals surface area contributed by atoms with Gasteiger partial charge in [-0.3, -0.25) is 0 Å². The standard InChI is InChI=1S/C8H11FN2/c1-4-3-6(10)5(2)8(11)7(4)9/h3H,10-11H2,1-2H3. The average Bonchev–Trinajstić information content (AvgIpc) is 1.97. The van der Waals surface area contributed by atoms with E-state index in [0.29, 0.717) is 16.8 Å². The molecule has 0 amide bonds. The molecule has 0 fully saturated rings. The molecule has 0 atom stereocenters. The summed E-state index contributed by atoms with van der Waals surface area (Å²) in [7, 11) is 0. The second-order valence-corrected chi connectivity index (χ2v) is 2.64. The molecule has 0 aliphatic rings. The first-order valence-electron chi connectivity index (χ1n) is 3.34. The van der Waals surface area contributed by atoms with Crippen LogP contribution < -0.4 is 11.5 Å². The lowest BCUT2D eigenvalue weighted by molar-refractivity contribution is 0.622. The molecule has 0 bridgehead atoms. The zero-order chi connectivity index (χ0) is 8.59. The van der Waals surface area contributed by atoms with Crippen LogP contribution in [-0.2, 0) is 0 Å². The molecule has 2 nitrogen and oxygen atoms in total. The van der Waals surface area contributed by atoms with Crippen molar-refractivity contribution in [3.05, 3.63) is 23.0 Å². The average molecular weight is 154 g/mol. The van der Waals surface area contributed by atoms with Gasteiger partial charge in [-0.2, -0.15) is 0 Å². The molecule has 1 aromatic carbocycles. The second kappa shape index (κ2) is 2.42. The van der Waals surface area contributed by atoms with E-state index in [2.05, 4.69) is 0 Å². The second-order valence-electron chi connectivity index (χ2n) is 2.64. The van der Waals surface area contributed by atoms with Gasteiger partial charge in [0.25, 0.3) is 0 Å². The van der Waals surface area contributed by atoms with Gasteiger partial charge in [-0.1, -0.05) is 0 Å². The Morgan fingerprint density at radius 2 is 1.82 bits per heavy atom. The highest BCUT2D eigenvalue weighted by atomic mass is 19.1. The smallest absolute Gasteiger partial charge is 0.149 e. The fourth-order valence-electron chi connectivity index (χ4n) is 0.937. The molecule has 0 saturated carbocycles. The lowest BCUT2D eigenvalue weighted by Crippen LogP contribution is -2.01. The number of anilines is 2. The van der Waals surface area contributed by atoms with Gasteiger partial charge in [-0.05, 0) is 31.0 Å². The van der Waals surface area contributed by atoms with E-state index in [1.165, 1.54) is 0 Å². The largest absolute Gasteiger partial charge is 0.398 e. The molecule has 0 aromatic heterocycles. The van der Waals surface area contributed by atoms with E-state index >= 15 is 0 Å². The van der Waals surface area contributed by atoms with Gasteiger partial charge in [0.15, 0.2) is 0 Å². The van der Waals surface area contributed by atoms with Crippen LogP contribution >= 0.6 is 0 Å². The SMILES string of the molecule is Cc1cc(N)c(C)c(N)c1F. The Hall–Kier alpha value is -1.25. The molecule has 0 unspecified atom stereocenters. The number of rotatable bonds is 0. The Labute approximate surface area is 65.0 Å². The van der Waals surface area contributed by atoms with Crippen molar-refractivity contribution in [2.24, 2.45) is 0 Å². The maximum atomic E-state index is 13.0. The Kier molecular flexibility index (Phi) is 1.72. The molecule has 0 aliphatic heterocycles. The minimum absolute atomic E-state index is 0.155. The Morgan fingerprint density at radius 3 is 2.36 bits per heavy atom. The first kappa shape index (κ1) is 7.85. The van der Waals surface area contributed by atoms with Crippen molar-refractivity contribution in [2.75, 3.05) is 11.5 Å². The molecule has 3 heteroatoms. The van der Waals surface area contributed by atoms with Gasteiger partial charge in [-0.15, -0.1) is 0 Å². The first-order chi connectivity index (χ1) is 5.04. The van der Waals surface area contributed by atoms with Crippen molar-refractivity contribution in [1.29, 1.82) is 0 Å². The monoisotopic (exact) mass is 154 g/mol. The maximum absolute atomic E-state index is 13.0. The number of nitrogen functional groups attached to an aromatic ring is 2. The van der Waals surface area contributed by atoms with Crippen molar-refractivity contribution in [1.82, 2.24) is 0 Å². The highest BCUT2D eigenvalue weighted by Crippen LogP contribution is 2.24. The van der Waals surface area contributed by atoms with E-state index in [1.807, 2.05) is 0 Å². The van der Waals surface area contributed by atoms with Gasteiger partial charge in [0.2, 0.25) is 0 Å². The normalized spacial score (nSPS) is 10.1. The highest BCUT2D eigenvalue weighted by Gasteiger charge is 2.07. The van der Waals surface area contributed by atoms with Crippen LogP contribution in [0.25, 0.3) is 0 Å². The van der Waals surface area contributed by atoms with Crippen LogP contribution in [0.1, 0.15) is 11.1 Å². The quantitative estimate of drug-likeness (QED) is 0.558. The van der Waals surface area contributed by atoms with Crippen molar-refractivity contribution >= 4 is 11.4 Å². The number of halogens is 1. The summed E-state index contributed by atoms with van der Waals surface area (Å²) in [6.07, 6.45) is 0. The molecule has 11 heavy (non-hydrogen) atoms. The van der Waals surface area contributed by atoms with Crippen LogP contribution in [0, 0.1) is 19.7 Å². The fourth-order valence-corrected chi connectivity index (χ4v) is 0.937. The zero-order valence-corrected chi connectivity index (χ0v) is 6.61. The highest BCUT2D eigenvalue weighted by molar-refractivity contribution is 5.63. The molecule has 0 heterocycles. The van der Waals surface area contributed by atoms with Crippen LogP contribution in [0.3, 0.4) is 0 Å². The first-order valence-corrected chi connectivity index (χ1v) is 3.34. The number of hydrogen-bond acceptors (Lipinski definition) is 2. The summed E-state index contributed by atoms with van der Waals surface area (Å²) >= 11 is 0. The number of aryl methyl sites for hydroxylation is 1. The number of nitrogens with two attached hydrogens (primary N) is 2. The van der Waals surface area contributed by atoms with E-state index < -0.39 is 0 Å². The molecular weight excluding hydrogens is 143 g/mol. The molecule has 4 N–H and O–H groups in total. The molecule has 0 saturated heterocycles. The van der Waals surface area contributed by atoms with E-state index in [-0.39, 0.29) is 11.5 Å². The van der Waals surface area contributed by atoms with Gasteiger partial charge in [0, 0.05) is 5.69 Å². The molecule has 0 spiro atoms. The van der Waals surface area contributed by atoms with Gasteiger partial charge in [0.1, 0.15) is 5.82 Å². The topological polar surface area (TPSA) is 52.0 Å². The Bertz CT molecular complexity index is 268. The van der Waals surface area contributed by atoms with E-state index in [9.17, 15) is 4.39 Å². The summed E-state index contributed by atoms with van der Waals surface area (Å²) in [4.78, 5) is 0. The summed E-state index contributed by atoms with van der Waals surface area (Å²) in [5.41, 5.74) is 12.8. The van der Waals surface area contributed by atoms with Crippen LogP contribution in [0.4, 0.5) is 15.8 Å². The van der Waals surface area contributed by atoms with Crippen molar-refractivity contribution in [2.45, 2.75) is 13.8 Å². The summed E-state index contributed by atoms with van der Waals surface area (Å²) < 4.78 is 13.0. The van der Waals surface area contributed by atoms with Crippen molar-refractivity contribution in [3.8, 4) is 0 Å². The van der Waals surface area contributed by atoms with Gasteiger partial charge >= 0.3 is 0 Å². The maximum Gasteiger partial charge on any atom is 0.149 e. The number of benzene rings is 1. The fraction of sp³-hybridized carbons (Fsp3) is 0.250. The van der Waals surface area contributed by atoms with Gasteiger partial charge < -0.3 is 11.5 Å². The predicted octanol–water partition coefficient (Wildman–Crippen LogP) is 1.61. The Morgan fingerprint density at radius 1 is 1.27 bits per heavy atom. The lowest BCUT2D eigenvalue weighted by Gasteiger charge is -2.07. The molecule has 0 radical (unpaired) electrons. The molecule has 1 aromatic rings. The summed E-state index contributed by atoms with van der Waals surface area (Å²) in [5, 5.41) is 0. The van der Waals surface area contributed by atoms with Crippen molar-refractivity contribution < 1.29 is 4.39 Å². The third-order valence-corrected chi connectivity index (χ3v) is 1.79. The number of hydrogen-bond donors (Lipinski definition) is 2. The summed E-state index contributed by atoms with van der Waals surface area (Å²) in [5.74, 6) is -0.364. The van der Waals surface area contributed by atoms with Crippen LogP contribution in [0.5, 0.6) is 0 Å². The Balaban J connectivity index is 3.46. The third kappa shape index (κ3) is 1.13. The minimum Gasteiger partial charge on any atom is -0.398 e. The van der Waals surface area contributed by atoms with E-state index in [0.717, 1.165) is 0 Å². The summed E-state index contributed by atoms with van der Waals surface area (Å²) in [6, 6.07) is 1.58. The van der Waals surface area contributed by atoms with Crippen LogP contribution in [-0.4, -0.2) is 0 Å². The molecular formula is C8H11FN2. The van der Waals surface area contributed by atoms with Crippen LogP contribution in [0.15, 0.2) is 6.07 Å². The van der Waals surface area contributed by atoms with E-state index in [4.69, 9.17) is 11.5 Å². The van der Waals surface area contributed by atoms with Gasteiger partial charge in [0.05, 0.1) is 5.69 Å². The van der Waals surface area contributed by atoms with Crippen LogP contribution in [0.2, 0.25) is 0 Å². The van der Waals surface area contributed by atoms with Crippen molar-refractivity contribution in [3.63, 3.8) is 0 Å². The predicted molar refractivity (Wildman–Crippen MR) is 44.7 cm³/mol. The molecule has 1 rings (SSSR count). The zero-order valence-electron chi connectivity index (χ0n) is 6.61. The minimum atomic E-state index is -0.364.